The summed E-state index contributed by atoms with van der Waals surface area (Å²) in [5.74, 6) is -0.743. The quantitative estimate of drug-likeness (QED) is 0.222. The Morgan fingerprint density at radius 3 is 2.39 bits per heavy atom. The standard InChI is InChI=1S/C16H18FN3O3S.C13H17F2NS/c1-15(8-16(9-15)3-2-4-16)14(21)20-24(22,23)11-5-10(7-18)13(19)12(17)6-11;14-11-3-5-13(6-4-11)17-8-2-1-7-16-9-12(15)10-16/h5-6H,2-4,8-9,19H2,1H3,(H,20,21);3-6,12H,1-2,7-10H2. The van der Waals surface area contributed by atoms with E-state index in [4.69, 9.17) is 11.0 Å². The molecule has 2 aromatic rings. The lowest BCUT2D eigenvalue weighted by atomic mass is 9.46. The van der Waals surface area contributed by atoms with Gasteiger partial charge in [0, 0.05) is 23.4 Å². The van der Waals surface area contributed by atoms with E-state index in [0.29, 0.717) is 32.0 Å². The van der Waals surface area contributed by atoms with Crippen molar-refractivity contribution in [2.24, 2.45) is 10.8 Å². The number of anilines is 1. The Balaban J connectivity index is 0.000000201. The summed E-state index contributed by atoms with van der Waals surface area (Å²) >= 11 is 1.75. The molecule has 0 atom stereocenters. The van der Waals surface area contributed by atoms with E-state index < -0.39 is 43.9 Å². The maximum atomic E-state index is 13.7. The summed E-state index contributed by atoms with van der Waals surface area (Å²) in [6, 6.07) is 9.91. The van der Waals surface area contributed by atoms with E-state index in [1.54, 1.807) is 24.8 Å². The summed E-state index contributed by atoms with van der Waals surface area (Å²) in [4.78, 5) is 15.2. The zero-order valence-electron chi connectivity index (χ0n) is 23.0. The molecule has 3 N–H and O–H groups in total. The van der Waals surface area contributed by atoms with E-state index in [0.717, 1.165) is 55.4 Å². The van der Waals surface area contributed by atoms with E-state index in [9.17, 15) is 26.4 Å². The van der Waals surface area contributed by atoms with Crippen LogP contribution in [-0.4, -0.2) is 50.8 Å². The number of nitrogens with two attached hydrogens (primary N) is 1. The maximum Gasteiger partial charge on any atom is 0.264 e. The summed E-state index contributed by atoms with van der Waals surface area (Å²) in [5, 5.41) is 8.90. The minimum atomic E-state index is -4.26. The van der Waals surface area contributed by atoms with Gasteiger partial charge in [0.05, 0.1) is 16.1 Å². The van der Waals surface area contributed by atoms with Gasteiger partial charge in [-0.05, 0) is 92.6 Å². The molecule has 1 aliphatic heterocycles. The van der Waals surface area contributed by atoms with Crippen LogP contribution in [0.2, 0.25) is 0 Å². The number of nitriles is 1. The SMILES string of the molecule is CC1(C(=O)NS(=O)(=O)c2cc(F)c(N)c(C#N)c2)CC2(CCC2)C1.Fc1ccc(SCCCCN2CC(F)C2)cc1. The third kappa shape index (κ3) is 7.56. The molecule has 0 aromatic heterocycles. The molecule has 2 aliphatic carbocycles. The number of carbonyl (C=O) groups is 1. The van der Waals surface area contributed by atoms with E-state index in [2.05, 4.69) is 4.90 Å². The number of carbonyl (C=O) groups excluding carboxylic acids is 1. The number of unbranched alkanes of at least 4 members (excludes halogenated alkanes) is 1. The molecular weight excluding hydrogens is 573 g/mol. The Hall–Kier alpha value is -2.75. The fraction of sp³-hybridized carbons (Fsp3) is 0.517. The van der Waals surface area contributed by atoms with Crippen molar-refractivity contribution in [2.75, 3.05) is 31.1 Å². The topological polar surface area (TPSA) is 116 Å². The molecule has 3 aliphatic rings. The first-order valence-corrected chi connectivity index (χ1v) is 16.1. The van der Waals surface area contributed by atoms with E-state index >= 15 is 0 Å². The number of thioether (sulfide) groups is 1. The zero-order chi connectivity index (χ0) is 29.8. The molecule has 12 heteroatoms. The van der Waals surface area contributed by atoms with Crippen LogP contribution in [0.15, 0.2) is 46.2 Å². The number of likely N-dealkylation sites (tertiary alicyclic amines) is 1. The first kappa shape index (κ1) is 31.2. The lowest BCUT2D eigenvalue weighted by Crippen LogP contribution is -2.56. The van der Waals surface area contributed by atoms with Crippen molar-refractivity contribution >= 4 is 33.4 Å². The number of hydrogen-bond donors (Lipinski definition) is 2. The minimum Gasteiger partial charge on any atom is -0.395 e. The zero-order valence-corrected chi connectivity index (χ0v) is 24.6. The number of sulfonamides is 1. The van der Waals surface area contributed by atoms with Crippen LogP contribution in [0.5, 0.6) is 0 Å². The summed E-state index contributed by atoms with van der Waals surface area (Å²) in [6.45, 7) is 3.98. The lowest BCUT2D eigenvalue weighted by molar-refractivity contribution is -0.151. The first-order valence-electron chi connectivity index (χ1n) is 13.7. The second-order valence-corrected chi connectivity index (χ2v) is 14.4. The number of nitrogens with one attached hydrogen (secondary N) is 1. The third-order valence-electron chi connectivity index (χ3n) is 8.12. The predicted molar refractivity (Wildman–Crippen MR) is 152 cm³/mol. The van der Waals surface area contributed by atoms with Crippen LogP contribution in [0.25, 0.3) is 0 Å². The van der Waals surface area contributed by atoms with Gasteiger partial charge in [-0.2, -0.15) is 5.26 Å². The molecule has 1 amide bonds. The fourth-order valence-corrected chi connectivity index (χ4v) is 7.84. The molecule has 222 valence electrons. The highest BCUT2D eigenvalue weighted by atomic mass is 32.2. The van der Waals surface area contributed by atoms with Crippen molar-refractivity contribution < 1.29 is 26.4 Å². The monoisotopic (exact) mass is 608 g/mol. The average Bonchev–Trinajstić information content (AvgIpc) is 2.87. The highest BCUT2D eigenvalue weighted by Gasteiger charge is 2.58. The number of amides is 1. The largest absolute Gasteiger partial charge is 0.395 e. The maximum absolute atomic E-state index is 13.7. The summed E-state index contributed by atoms with van der Waals surface area (Å²) in [5.41, 5.74) is 4.16. The van der Waals surface area contributed by atoms with Crippen LogP contribution in [0.4, 0.5) is 18.9 Å². The molecular formula is C29H35F3N4O3S2. The highest BCUT2D eigenvalue weighted by Crippen LogP contribution is 2.64. The summed E-state index contributed by atoms with van der Waals surface area (Å²) in [7, 11) is -4.26. The number of rotatable bonds is 9. The number of nitrogens with zero attached hydrogens (tertiary/aromatic N) is 2. The second kappa shape index (κ2) is 12.6. The normalized spacial score (nSPS) is 19.1. The van der Waals surface area contributed by atoms with E-state index in [1.807, 2.05) is 16.9 Å². The molecule has 0 radical (unpaired) electrons. The van der Waals surface area contributed by atoms with Crippen molar-refractivity contribution in [3.63, 3.8) is 0 Å². The third-order valence-corrected chi connectivity index (χ3v) is 10.5. The Morgan fingerprint density at radius 1 is 1.17 bits per heavy atom. The van der Waals surface area contributed by atoms with Gasteiger partial charge in [-0.1, -0.05) is 13.3 Å². The van der Waals surface area contributed by atoms with Gasteiger partial charge in [0.2, 0.25) is 5.91 Å². The number of benzene rings is 2. The van der Waals surface area contributed by atoms with Gasteiger partial charge >= 0.3 is 0 Å². The average molecular weight is 609 g/mol. The number of hydrogen-bond acceptors (Lipinski definition) is 7. The van der Waals surface area contributed by atoms with E-state index in [1.165, 1.54) is 12.1 Å². The Kier molecular flexibility index (Phi) is 9.61. The molecule has 1 spiro atoms. The Labute approximate surface area is 243 Å². The van der Waals surface area contributed by atoms with Crippen molar-refractivity contribution in [1.29, 1.82) is 5.26 Å². The van der Waals surface area contributed by atoms with Crippen LogP contribution in [0, 0.1) is 33.8 Å². The molecule has 2 saturated carbocycles. The van der Waals surface area contributed by atoms with Crippen LogP contribution in [0.3, 0.4) is 0 Å². The van der Waals surface area contributed by atoms with Crippen LogP contribution in [-0.2, 0) is 14.8 Å². The Morgan fingerprint density at radius 2 is 1.83 bits per heavy atom. The van der Waals surface area contributed by atoms with Gasteiger partial charge in [0.15, 0.2) is 0 Å². The van der Waals surface area contributed by atoms with Gasteiger partial charge in [-0.15, -0.1) is 11.8 Å². The van der Waals surface area contributed by atoms with Crippen molar-refractivity contribution in [3.8, 4) is 6.07 Å². The first-order chi connectivity index (χ1) is 19.3. The van der Waals surface area contributed by atoms with Gasteiger partial charge in [0.25, 0.3) is 10.0 Å². The molecule has 3 fully saturated rings. The fourth-order valence-electron chi connectivity index (χ4n) is 5.79. The molecule has 0 unspecified atom stereocenters. The molecule has 2 aromatic carbocycles. The minimum absolute atomic E-state index is 0.187. The molecule has 1 heterocycles. The smallest absolute Gasteiger partial charge is 0.264 e. The van der Waals surface area contributed by atoms with Gasteiger partial charge < -0.3 is 5.73 Å². The van der Waals surface area contributed by atoms with Crippen LogP contribution < -0.4 is 10.5 Å². The number of nitrogen functional groups attached to an aromatic ring is 1. The molecule has 5 rings (SSSR count). The van der Waals surface area contributed by atoms with Gasteiger partial charge in [0.1, 0.15) is 23.9 Å². The van der Waals surface area contributed by atoms with Gasteiger partial charge in [-0.3, -0.25) is 9.69 Å². The highest BCUT2D eigenvalue weighted by molar-refractivity contribution is 7.99. The molecule has 0 bridgehead atoms. The Bertz CT molecular complexity index is 1400. The summed E-state index contributed by atoms with van der Waals surface area (Å²) in [6.07, 6.45) is 6.29. The van der Waals surface area contributed by atoms with Crippen molar-refractivity contribution in [3.05, 3.63) is 53.6 Å². The summed E-state index contributed by atoms with van der Waals surface area (Å²) < 4.78 is 65.6. The van der Waals surface area contributed by atoms with Gasteiger partial charge in [-0.25, -0.2) is 26.3 Å². The molecule has 7 nitrogen and oxygen atoms in total. The van der Waals surface area contributed by atoms with Crippen LogP contribution in [0.1, 0.15) is 57.4 Å². The molecule has 1 saturated heterocycles. The lowest BCUT2D eigenvalue weighted by Gasteiger charge is -2.58. The predicted octanol–water partition coefficient (Wildman–Crippen LogP) is 5.41. The number of alkyl halides is 1. The second-order valence-electron chi connectivity index (χ2n) is 11.5. The molecule has 41 heavy (non-hydrogen) atoms. The van der Waals surface area contributed by atoms with E-state index in [-0.39, 0.29) is 16.8 Å². The van der Waals surface area contributed by atoms with Crippen molar-refractivity contribution in [2.45, 2.75) is 67.8 Å². The van der Waals surface area contributed by atoms with Crippen molar-refractivity contribution in [1.82, 2.24) is 9.62 Å². The number of halogens is 3. The van der Waals surface area contributed by atoms with Crippen LogP contribution >= 0.6 is 11.8 Å².